The van der Waals surface area contributed by atoms with Crippen molar-refractivity contribution in [2.75, 3.05) is 0 Å². The molecule has 1 aliphatic carbocycles. The van der Waals surface area contributed by atoms with Gasteiger partial charge in [0, 0.05) is 0 Å². The molecule has 3 nitrogen and oxygen atoms in total. The largest absolute Gasteiger partial charge is 0.236 e. The van der Waals surface area contributed by atoms with Gasteiger partial charge in [-0.1, -0.05) is 34.6 Å². The van der Waals surface area contributed by atoms with Gasteiger partial charge in [-0.25, -0.2) is 12.8 Å². The van der Waals surface area contributed by atoms with Crippen LogP contribution in [0, 0.1) is 0 Å². The van der Waals surface area contributed by atoms with Crippen molar-refractivity contribution in [3.8, 4) is 0 Å². The summed E-state index contributed by atoms with van der Waals surface area (Å²) in [5, 5.41) is -0.0156. The van der Waals surface area contributed by atoms with E-state index in [0.29, 0.717) is 0 Å². The van der Waals surface area contributed by atoms with Gasteiger partial charge in [-0.3, -0.25) is 0 Å². The molecule has 1 saturated carbocycles. The molecule has 0 bridgehead atoms. The zero-order chi connectivity index (χ0) is 12.6. The molecule has 0 aromatic carbocycles. The lowest BCUT2D eigenvalue weighted by Crippen LogP contribution is -2.59. The summed E-state index contributed by atoms with van der Waals surface area (Å²) in [7, 11) is -4.98. The second kappa shape index (κ2) is 4.42. The van der Waals surface area contributed by atoms with E-state index < -0.39 is 18.3 Å². The van der Waals surface area contributed by atoms with Gasteiger partial charge in [0.2, 0.25) is 10.0 Å². The van der Waals surface area contributed by atoms with Crippen LogP contribution in [0.3, 0.4) is 0 Å². The summed E-state index contributed by atoms with van der Waals surface area (Å²) in [6.07, 6.45) is 1.69. The highest BCUT2D eigenvalue weighted by Gasteiger charge is 2.48. The van der Waals surface area contributed by atoms with Crippen LogP contribution in [0.2, 0.25) is 17.1 Å². The number of hydrogen-bond acceptors (Lipinski definition) is 2. The fourth-order valence-electron chi connectivity index (χ4n) is 2.34. The van der Waals surface area contributed by atoms with E-state index >= 15 is 0 Å². The Kier molecular flexibility index (Phi) is 3.92. The molecule has 1 fully saturated rings. The van der Waals surface area contributed by atoms with Gasteiger partial charge in [0.15, 0.2) is 0 Å². The van der Waals surface area contributed by atoms with Crippen molar-refractivity contribution < 1.29 is 8.42 Å². The molecule has 0 aromatic rings. The molecule has 0 aromatic heterocycles. The summed E-state index contributed by atoms with van der Waals surface area (Å²) in [6, 6.07) is 1.94. The van der Waals surface area contributed by atoms with E-state index in [-0.39, 0.29) is 10.3 Å². The average Bonchev–Trinajstić information content (AvgIpc) is 2.95. The molecular formula is C11H25NO2SSi. The molecule has 1 N–H and O–H groups in total. The maximum atomic E-state index is 12.1. The van der Waals surface area contributed by atoms with E-state index in [0.717, 1.165) is 24.9 Å². The van der Waals surface area contributed by atoms with Gasteiger partial charge in [0.05, 0.1) is 5.25 Å². The lowest BCUT2D eigenvalue weighted by atomic mass is 10.2. The fourth-order valence-corrected chi connectivity index (χ4v) is 10.9. The van der Waals surface area contributed by atoms with E-state index in [9.17, 15) is 8.42 Å². The van der Waals surface area contributed by atoms with Crippen LogP contribution in [-0.2, 0) is 10.0 Å². The Morgan fingerprint density at radius 1 is 1.19 bits per heavy atom. The van der Waals surface area contributed by atoms with Crippen molar-refractivity contribution in [2.45, 2.75) is 69.8 Å². The Morgan fingerprint density at radius 3 is 1.88 bits per heavy atom. The van der Waals surface area contributed by atoms with Crippen molar-refractivity contribution in [1.29, 1.82) is 0 Å². The quantitative estimate of drug-likeness (QED) is 0.775. The predicted octanol–water partition coefficient (Wildman–Crippen LogP) is 2.85. The zero-order valence-corrected chi connectivity index (χ0v) is 12.9. The summed E-state index contributed by atoms with van der Waals surface area (Å²) in [6.45, 7) is 10.7. The van der Waals surface area contributed by atoms with Gasteiger partial charge in [-0.05, 0) is 30.0 Å². The summed E-state index contributed by atoms with van der Waals surface area (Å²) >= 11 is 0. The number of rotatable bonds is 5. The Labute approximate surface area is 101 Å². The molecule has 0 amide bonds. The molecule has 0 saturated heterocycles. The fraction of sp³-hybridized carbons (Fsp3) is 1.00. The smallest absolute Gasteiger partial charge is 0.208 e. The maximum absolute atomic E-state index is 12.1. The minimum Gasteiger partial charge on any atom is -0.236 e. The first-order valence-electron chi connectivity index (χ1n) is 6.21. The SMILES string of the molecule is CC[Si](CC)(NS(=O)(=O)C1CC1)C(C)(C)C. The van der Waals surface area contributed by atoms with Gasteiger partial charge >= 0.3 is 0 Å². The molecule has 0 aliphatic heterocycles. The highest BCUT2D eigenvalue weighted by molar-refractivity contribution is 7.91. The van der Waals surface area contributed by atoms with Gasteiger partial charge in [-0.2, -0.15) is 0 Å². The van der Waals surface area contributed by atoms with E-state index in [2.05, 4.69) is 39.0 Å². The summed E-state index contributed by atoms with van der Waals surface area (Å²) < 4.78 is 27.3. The topological polar surface area (TPSA) is 46.2 Å². The normalized spacial score (nSPS) is 18.8. The maximum Gasteiger partial charge on any atom is 0.208 e. The lowest BCUT2D eigenvalue weighted by Gasteiger charge is -2.41. The summed E-state index contributed by atoms with van der Waals surface area (Å²) in [5.74, 6) is 0. The third kappa shape index (κ3) is 2.68. The number of hydrogen-bond donors (Lipinski definition) is 1. The highest BCUT2D eigenvalue weighted by Crippen LogP contribution is 2.41. The average molecular weight is 263 g/mol. The molecule has 96 valence electrons. The molecule has 0 atom stereocenters. The van der Waals surface area contributed by atoms with Crippen LogP contribution in [0.25, 0.3) is 0 Å². The molecule has 1 rings (SSSR count). The first-order valence-corrected chi connectivity index (χ1v) is 10.2. The second-order valence-electron chi connectivity index (χ2n) is 5.89. The summed E-state index contributed by atoms with van der Waals surface area (Å²) in [4.78, 5) is 0. The molecule has 0 radical (unpaired) electrons. The van der Waals surface area contributed by atoms with Crippen molar-refractivity contribution in [3.63, 3.8) is 0 Å². The van der Waals surface area contributed by atoms with Gasteiger partial charge < -0.3 is 0 Å². The first-order chi connectivity index (χ1) is 7.18. The van der Waals surface area contributed by atoms with Crippen molar-refractivity contribution in [3.05, 3.63) is 0 Å². The Hall–Kier alpha value is 0.127. The van der Waals surface area contributed by atoms with E-state index in [4.69, 9.17) is 0 Å². The molecule has 5 heteroatoms. The predicted molar refractivity (Wildman–Crippen MR) is 71.5 cm³/mol. The lowest BCUT2D eigenvalue weighted by molar-refractivity contribution is 0.586. The zero-order valence-electron chi connectivity index (χ0n) is 11.1. The first kappa shape index (κ1) is 14.2. The van der Waals surface area contributed by atoms with Gasteiger partial charge in [0.25, 0.3) is 0 Å². The minimum absolute atomic E-state index is 0.0818. The molecular weight excluding hydrogens is 238 g/mol. The Morgan fingerprint density at radius 2 is 1.62 bits per heavy atom. The van der Waals surface area contributed by atoms with Crippen LogP contribution in [0.5, 0.6) is 0 Å². The second-order valence-corrected chi connectivity index (χ2v) is 13.5. The van der Waals surface area contributed by atoms with Crippen LogP contribution in [0.1, 0.15) is 47.5 Å². The third-order valence-corrected chi connectivity index (χ3v) is 13.3. The third-order valence-electron chi connectivity index (χ3n) is 3.94. The molecule has 0 heterocycles. The molecule has 0 spiro atoms. The Bertz CT molecular complexity index is 337. The molecule has 1 aliphatic rings. The Balaban J connectivity index is 2.95. The van der Waals surface area contributed by atoms with Crippen LogP contribution >= 0.6 is 0 Å². The van der Waals surface area contributed by atoms with Crippen LogP contribution in [-0.4, -0.2) is 21.9 Å². The van der Waals surface area contributed by atoms with E-state index in [1.54, 1.807) is 0 Å². The van der Waals surface area contributed by atoms with Gasteiger partial charge in [-0.15, -0.1) is 0 Å². The number of nitrogens with one attached hydrogen (secondary N) is 1. The number of sulfonamides is 1. The van der Waals surface area contributed by atoms with Gasteiger partial charge in [0.1, 0.15) is 8.24 Å². The molecule has 0 unspecified atom stereocenters. The minimum atomic E-state index is -3.04. The summed E-state index contributed by atoms with van der Waals surface area (Å²) in [5.41, 5.74) is 0. The van der Waals surface area contributed by atoms with Crippen molar-refractivity contribution in [1.82, 2.24) is 4.39 Å². The van der Waals surface area contributed by atoms with E-state index in [1.165, 1.54) is 0 Å². The van der Waals surface area contributed by atoms with E-state index in [1.807, 2.05) is 0 Å². The standard InChI is InChI=1S/C11H25NO2SSi/c1-6-16(7-2,11(3,4)5)12-15(13,14)10-8-9-10/h10,12H,6-9H2,1-5H3. The monoisotopic (exact) mass is 263 g/mol. The highest BCUT2D eigenvalue weighted by atomic mass is 32.2. The van der Waals surface area contributed by atoms with Crippen molar-refractivity contribution >= 4 is 18.3 Å². The van der Waals surface area contributed by atoms with Crippen LogP contribution in [0.4, 0.5) is 0 Å². The molecule has 16 heavy (non-hydrogen) atoms. The van der Waals surface area contributed by atoms with Crippen molar-refractivity contribution in [2.24, 2.45) is 0 Å². The van der Waals surface area contributed by atoms with Crippen LogP contribution in [0.15, 0.2) is 0 Å². The van der Waals surface area contributed by atoms with Crippen LogP contribution < -0.4 is 4.39 Å².